The van der Waals surface area contributed by atoms with E-state index in [-0.39, 0.29) is 5.02 Å². The lowest BCUT2D eigenvalue weighted by molar-refractivity contribution is 0.628. The minimum atomic E-state index is -0.413. The van der Waals surface area contributed by atoms with Gasteiger partial charge in [0.1, 0.15) is 11.6 Å². The van der Waals surface area contributed by atoms with E-state index in [0.717, 1.165) is 0 Å². The molecule has 0 radical (unpaired) electrons. The fraction of sp³-hybridized carbons (Fsp3) is 0. The number of nitrogens with zero attached hydrogens (tertiary/aromatic N) is 1. The minimum absolute atomic E-state index is 0.243. The van der Waals surface area contributed by atoms with E-state index in [1.807, 2.05) is 0 Å². The third kappa shape index (κ3) is 2.83. The van der Waals surface area contributed by atoms with Crippen LogP contribution in [0.4, 0.5) is 21.6 Å². The van der Waals surface area contributed by atoms with E-state index in [1.54, 1.807) is 5.48 Å². The molecule has 0 atom stereocenters. The topological polar surface area (TPSA) is 60.0 Å². The summed E-state index contributed by atoms with van der Waals surface area (Å²) < 4.78 is 12.8. The molecule has 0 saturated heterocycles. The van der Waals surface area contributed by atoms with Gasteiger partial charge in [0.15, 0.2) is 0 Å². The predicted octanol–water partition coefficient (Wildman–Crippen LogP) is 3.53. The Morgan fingerprint density at radius 1 is 1.24 bits per heavy atom. The van der Waals surface area contributed by atoms with Crippen molar-refractivity contribution in [3.8, 4) is 0 Å². The number of rotatable bonds is 3. The molecule has 0 saturated carbocycles. The molecule has 0 aliphatic heterocycles. The van der Waals surface area contributed by atoms with Crippen LogP contribution < -0.4 is 10.8 Å². The lowest BCUT2D eigenvalue weighted by Crippen LogP contribution is -1.95. The molecule has 6 heteroatoms. The van der Waals surface area contributed by atoms with Crippen molar-refractivity contribution < 1.29 is 4.39 Å². The molecule has 0 fully saturated rings. The Balaban J connectivity index is 2.25. The second-order valence-corrected chi connectivity index (χ2v) is 3.69. The maximum atomic E-state index is 12.8. The number of nitrogens with one attached hydrogen (secondary N) is 2. The lowest BCUT2D eigenvalue weighted by Gasteiger charge is -2.12. The zero-order valence-corrected chi connectivity index (χ0v) is 9.33. The second-order valence-electron chi connectivity index (χ2n) is 3.28. The highest BCUT2D eigenvalue weighted by molar-refractivity contribution is 6.33. The lowest BCUT2D eigenvalue weighted by atomic mass is 10.3. The van der Waals surface area contributed by atoms with Gasteiger partial charge < -0.3 is 16.0 Å². The number of hydrogen-bond acceptors (Lipinski definition) is 4. The molecular weight excluding hydrogens is 245 g/mol. The molecule has 0 aliphatic rings. The monoisotopic (exact) mass is 252 g/mol. The van der Waals surface area contributed by atoms with E-state index >= 15 is 0 Å². The zero-order valence-electron chi connectivity index (χ0n) is 8.58. The van der Waals surface area contributed by atoms with Crippen LogP contribution >= 0.6 is 11.6 Å². The number of aromatic nitrogens is 1. The Labute approximate surface area is 102 Å². The molecule has 0 bridgehead atoms. The molecule has 0 amide bonds. The summed E-state index contributed by atoms with van der Waals surface area (Å²) in [6.45, 7) is 0. The summed E-state index contributed by atoms with van der Waals surface area (Å²) in [5, 5.41) is 13.6. The van der Waals surface area contributed by atoms with Gasteiger partial charge in [-0.15, -0.1) is 0 Å². The highest BCUT2D eigenvalue weighted by atomic mass is 35.5. The van der Waals surface area contributed by atoms with Crippen LogP contribution in [-0.4, -0.2) is 4.98 Å². The molecule has 2 rings (SSSR count). The van der Waals surface area contributed by atoms with Gasteiger partial charge in [0, 0.05) is 18.0 Å². The standard InChI is InChI=1S/C11H8ClFN3O/c12-9-5-7(13)1-2-10(9)15-11-6-8(16-17)3-4-14-11/h1-6H,(H2-,14,15,16,17)/q-1. The molecule has 2 N–H and O–H groups in total. The van der Waals surface area contributed by atoms with E-state index in [2.05, 4.69) is 10.3 Å². The van der Waals surface area contributed by atoms with Crippen LogP contribution in [0, 0.1) is 11.0 Å². The molecule has 2 aromatic rings. The smallest absolute Gasteiger partial charge is 0.132 e. The Hall–Kier alpha value is -1.85. The van der Waals surface area contributed by atoms with E-state index in [4.69, 9.17) is 11.6 Å². The zero-order chi connectivity index (χ0) is 12.3. The van der Waals surface area contributed by atoms with Gasteiger partial charge in [0.25, 0.3) is 0 Å². The van der Waals surface area contributed by atoms with Crippen LogP contribution in [0.1, 0.15) is 0 Å². The molecular formula is C11H8ClFN3O-. The van der Waals surface area contributed by atoms with Crippen molar-refractivity contribution >= 4 is 28.8 Å². The fourth-order valence-corrected chi connectivity index (χ4v) is 1.51. The quantitative estimate of drug-likeness (QED) is 0.821. The molecule has 1 heterocycles. The van der Waals surface area contributed by atoms with Crippen LogP contribution in [0.25, 0.3) is 0 Å². The highest BCUT2D eigenvalue weighted by Crippen LogP contribution is 2.25. The number of hydrogen-bond donors (Lipinski definition) is 2. The van der Waals surface area contributed by atoms with Crippen molar-refractivity contribution in [2.45, 2.75) is 0 Å². The van der Waals surface area contributed by atoms with Gasteiger partial charge in [-0.25, -0.2) is 9.37 Å². The van der Waals surface area contributed by atoms with Gasteiger partial charge in [-0.3, -0.25) is 0 Å². The molecule has 0 aliphatic carbocycles. The van der Waals surface area contributed by atoms with Crippen LogP contribution in [0.15, 0.2) is 36.5 Å². The summed E-state index contributed by atoms with van der Waals surface area (Å²) >= 11 is 5.85. The summed E-state index contributed by atoms with van der Waals surface area (Å²) in [5.41, 5.74) is 2.65. The van der Waals surface area contributed by atoms with Crippen molar-refractivity contribution in [2.75, 3.05) is 10.8 Å². The number of anilines is 3. The van der Waals surface area contributed by atoms with Gasteiger partial charge >= 0.3 is 0 Å². The van der Waals surface area contributed by atoms with E-state index < -0.39 is 5.82 Å². The van der Waals surface area contributed by atoms with E-state index in [9.17, 15) is 9.60 Å². The molecule has 1 aromatic carbocycles. The van der Waals surface area contributed by atoms with Gasteiger partial charge in [-0.2, -0.15) is 0 Å². The third-order valence-corrected chi connectivity index (χ3v) is 2.38. The first-order chi connectivity index (χ1) is 8.19. The third-order valence-electron chi connectivity index (χ3n) is 2.07. The van der Waals surface area contributed by atoms with Crippen molar-refractivity contribution in [3.63, 3.8) is 0 Å². The van der Waals surface area contributed by atoms with Crippen molar-refractivity contribution in [1.29, 1.82) is 0 Å². The maximum absolute atomic E-state index is 12.8. The average molecular weight is 253 g/mol. The van der Waals surface area contributed by atoms with E-state index in [0.29, 0.717) is 17.2 Å². The Morgan fingerprint density at radius 3 is 2.76 bits per heavy atom. The van der Waals surface area contributed by atoms with Crippen LogP contribution in [0.2, 0.25) is 5.02 Å². The molecule has 88 valence electrons. The van der Waals surface area contributed by atoms with Crippen LogP contribution in [0.3, 0.4) is 0 Å². The average Bonchev–Trinajstić information content (AvgIpc) is 2.33. The van der Waals surface area contributed by atoms with Crippen molar-refractivity contribution in [1.82, 2.24) is 4.98 Å². The van der Waals surface area contributed by atoms with Gasteiger partial charge in [0.05, 0.1) is 10.7 Å². The number of pyridine rings is 1. The first kappa shape index (κ1) is 11.6. The molecule has 0 spiro atoms. The van der Waals surface area contributed by atoms with Crippen LogP contribution in [-0.2, 0) is 0 Å². The van der Waals surface area contributed by atoms with Gasteiger partial charge in [-0.1, -0.05) is 11.6 Å². The maximum Gasteiger partial charge on any atom is 0.132 e. The Bertz CT molecular complexity index is 536. The molecule has 0 unspecified atom stereocenters. The Kier molecular flexibility index (Phi) is 3.41. The Morgan fingerprint density at radius 2 is 2.06 bits per heavy atom. The first-order valence-corrected chi connectivity index (χ1v) is 5.13. The van der Waals surface area contributed by atoms with Crippen molar-refractivity contribution in [2.24, 2.45) is 0 Å². The summed E-state index contributed by atoms with van der Waals surface area (Å²) in [6.07, 6.45) is 1.47. The summed E-state index contributed by atoms with van der Waals surface area (Å²) in [7, 11) is 0. The summed E-state index contributed by atoms with van der Waals surface area (Å²) in [6, 6.07) is 7.03. The second kappa shape index (κ2) is 4.99. The minimum Gasteiger partial charge on any atom is -0.761 e. The van der Waals surface area contributed by atoms with E-state index in [1.165, 1.54) is 36.5 Å². The van der Waals surface area contributed by atoms with Gasteiger partial charge in [-0.05, 0) is 24.3 Å². The summed E-state index contributed by atoms with van der Waals surface area (Å²) in [5.74, 6) is 0.0304. The van der Waals surface area contributed by atoms with Crippen molar-refractivity contribution in [3.05, 3.63) is 52.6 Å². The molecule has 1 aromatic heterocycles. The van der Waals surface area contributed by atoms with Gasteiger partial charge in [0.2, 0.25) is 0 Å². The fourth-order valence-electron chi connectivity index (χ4n) is 1.29. The predicted molar refractivity (Wildman–Crippen MR) is 65.9 cm³/mol. The first-order valence-electron chi connectivity index (χ1n) is 4.75. The largest absolute Gasteiger partial charge is 0.761 e. The normalized spacial score (nSPS) is 10.1. The SMILES string of the molecule is [O-]Nc1ccnc(Nc2ccc(F)cc2Cl)c1. The summed E-state index contributed by atoms with van der Waals surface area (Å²) in [4.78, 5) is 4.00. The molecule has 4 nitrogen and oxygen atoms in total. The highest BCUT2D eigenvalue weighted by Gasteiger charge is 2.03. The molecule has 17 heavy (non-hydrogen) atoms. The number of benzene rings is 1. The van der Waals surface area contributed by atoms with Crippen LogP contribution in [0.5, 0.6) is 0 Å². The number of halogens is 2.